The van der Waals surface area contributed by atoms with Gasteiger partial charge in [-0.05, 0) is 31.2 Å². The Bertz CT molecular complexity index is 2140. The van der Waals surface area contributed by atoms with E-state index in [-0.39, 0.29) is 56.9 Å². The third kappa shape index (κ3) is 8.61. The largest absolute Gasteiger partial charge is 0.383 e. The van der Waals surface area contributed by atoms with Gasteiger partial charge in [0.05, 0.1) is 74.4 Å². The Morgan fingerprint density at radius 1 is 1.00 bits per heavy atom. The molecule has 4 amide bonds. The van der Waals surface area contributed by atoms with E-state index in [9.17, 15) is 19.2 Å². The lowest BCUT2D eigenvalue weighted by Gasteiger charge is -2.42. The summed E-state index contributed by atoms with van der Waals surface area (Å²) in [5.41, 5.74) is 7.04. The minimum absolute atomic E-state index is 0.0574. The highest BCUT2D eigenvalue weighted by molar-refractivity contribution is 6.34. The zero-order valence-electron chi connectivity index (χ0n) is 32.0. The molecule has 2 saturated heterocycles. The van der Waals surface area contributed by atoms with Crippen LogP contribution in [0.25, 0.3) is 22.4 Å². The number of imidazole rings is 1. The lowest BCUT2D eigenvalue weighted by atomic mass is 9.93. The summed E-state index contributed by atoms with van der Waals surface area (Å²) in [6, 6.07) is 7.45. The normalized spacial score (nSPS) is 18.6. The van der Waals surface area contributed by atoms with Gasteiger partial charge < -0.3 is 34.6 Å². The number of benzene rings is 2. The number of hydrogen-bond donors (Lipinski definition) is 2. The van der Waals surface area contributed by atoms with Crippen molar-refractivity contribution in [1.82, 2.24) is 29.1 Å². The highest BCUT2D eigenvalue weighted by atomic mass is 35.5. The van der Waals surface area contributed by atoms with E-state index in [1.807, 2.05) is 4.90 Å². The predicted molar refractivity (Wildman–Crippen MR) is 206 cm³/mol. The number of carbonyl (C=O) groups is 4. The van der Waals surface area contributed by atoms with Crippen LogP contribution >= 0.6 is 11.6 Å². The van der Waals surface area contributed by atoms with Gasteiger partial charge in [-0.1, -0.05) is 17.7 Å². The van der Waals surface area contributed by atoms with Crippen LogP contribution < -0.4 is 11.1 Å². The van der Waals surface area contributed by atoms with Crippen molar-refractivity contribution >= 4 is 40.9 Å². The van der Waals surface area contributed by atoms with Crippen molar-refractivity contribution in [2.75, 3.05) is 71.9 Å². The van der Waals surface area contributed by atoms with E-state index in [4.69, 9.17) is 22.1 Å². The first-order valence-corrected chi connectivity index (χ1v) is 18.9. The molecule has 0 unspecified atom stereocenters. The summed E-state index contributed by atoms with van der Waals surface area (Å²) >= 11 is 6.56. The third-order valence-corrected chi connectivity index (χ3v) is 11.2. The fraction of sp³-hybridized carbons (Fsp3) is 0.436. The zero-order chi connectivity index (χ0) is 40.3. The van der Waals surface area contributed by atoms with Gasteiger partial charge in [0, 0.05) is 87.7 Å². The van der Waals surface area contributed by atoms with Crippen molar-refractivity contribution in [2.45, 2.75) is 32.7 Å². The molecule has 2 aliphatic heterocycles. The van der Waals surface area contributed by atoms with Gasteiger partial charge in [0.2, 0.25) is 11.8 Å². The monoisotopic (exact) mass is 794 g/mol. The Kier molecular flexibility index (Phi) is 12.2. The van der Waals surface area contributed by atoms with Gasteiger partial charge in [-0.15, -0.1) is 0 Å². The molecule has 4 heterocycles. The fourth-order valence-electron chi connectivity index (χ4n) is 7.46. The zero-order valence-corrected chi connectivity index (χ0v) is 32.7. The maximum atomic E-state index is 15.6. The number of piperazine rings is 1. The molecule has 0 bridgehead atoms. The number of nitrogens with one attached hydrogen (secondary N) is 1. The minimum atomic E-state index is -1.09. The number of aromatic nitrogens is 4. The first-order valence-electron chi connectivity index (χ1n) is 18.5. The van der Waals surface area contributed by atoms with Gasteiger partial charge in [0.25, 0.3) is 11.8 Å². The maximum absolute atomic E-state index is 15.6. The smallest absolute Gasteiger partial charge is 0.291 e. The molecule has 4 aromatic rings. The van der Waals surface area contributed by atoms with Gasteiger partial charge in [0.15, 0.2) is 17.5 Å². The first kappa shape index (κ1) is 40.5. The Hall–Kier alpha value is -5.19. The Balaban J connectivity index is 1.05. The van der Waals surface area contributed by atoms with E-state index in [1.54, 1.807) is 35.9 Å². The van der Waals surface area contributed by atoms with Crippen LogP contribution in [0, 0.1) is 24.5 Å². The van der Waals surface area contributed by atoms with Gasteiger partial charge >= 0.3 is 0 Å². The molecule has 0 spiro atoms. The second kappa shape index (κ2) is 16.9. The highest BCUT2D eigenvalue weighted by Gasteiger charge is 2.37. The Morgan fingerprint density at radius 2 is 1.66 bits per heavy atom. The average molecular weight is 795 g/mol. The maximum Gasteiger partial charge on any atom is 0.291 e. The molecule has 2 aromatic heterocycles. The number of piperidine rings is 1. The Labute approximate surface area is 328 Å². The number of carbonyl (C=O) groups excluding carboxylic acids is 4. The summed E-state index contributed by atoms with van der Waals surface area (Å²) in [5, 5.41) is 7.20. The standard InChI is InChI=1S/C39H46ClF2N9O5/c1-24-30(23-50(46-24)16-20-56-4)27-7-8-29(35(42)34(27)41)32-22-44-36(47(32)2)37(53)45-26-5-6-28(31(40)21-26)39(55)49-14-12-48(13-15-49)38(54)25-9-17-51(3,18-10-25)19-11-33(43)52/h5-8,21-23,25H,9-20H2,1-4H3,(H2-,43,45,52,53,55)/p+1. The number of nitrogens with zero attached hydrogens (tertiary/aromatic N) is 7. The van der Waals surface area contributed by atoms with Gasteiger partial charge in [-0.25, -0.2) is 13.8 Å². The van der Waals surface area contributed by atoms with Crippen LogP contribution in [0.2, 0.25) is 5.02 Å². The molecule has 56 heavy (non-hydrogen) atoms. The van der Waals surface area contributed by atoms with E-state index in [2.05, 4.69) is 22.4 Å². The van der Waals surface area contributed by atoms with E-state index in [0.717, 1.165) is 30.4 Å². The third-order valence-electron chi connectivity index (χ3n) is 10.9. The van der Waals surface area contributed by atoms with Crippen molar-refractivity contribution < 1.29 is 37.2 Å². The van der Waals surface area contributed by atoms with Gasteiger partial charge in [0.1, 0.15) is 0 Å². The summed E-state index contributed by atoms with van der Waals surface area (Å²) in [5.74, 6) is -3.42. The number of quaternary nitrogens is 1. The summed E-state index contributed by atoms with van der Waals surface area (Å²) in [7, 11) is 5.18. The molecule has 0 radical (unpaired) electrons. The van der Waals surface area contributed by atoms with Crippen molar-refractivity contribution in [3.05, 3.63) is 76.5 Å². The SMILES string of the molecule is COCCn1cc(-c2ccc(-c3cnc(C(=O)Nc4ccc(C(=O)N5CCN(C(=O)C6CC[N+](C)(CCC(N)=O)CC6)CC5)c(Cl)c4)n3C)c(F)c2F)c(C)n1. The quantitative estimate of drug-likeness (QED) is 0.205. The number of methoxy groups -OCH3 is 1. The van der Waals surface area contributed by atoms with Crippen molar-refractivity contribution in [3.8, 4) is 22.4 Å². The summed E-state index contributed by atoms with van der Waals surface area (Å²) in [4.78, 5) is 59.0. The Morgan fingerprint density at radius 3 is 2.32 bits per heavy atom. The molecule has 298 valence electrons. The molecular weight excluding hydrogens is 748 g/mol. The fourth-order valence-corrected chi connectivity index (χ4v) is 7.72. The molecule has 14 nitrogen and oxygen atoms in total. The van der Waals surface area contributed by atoms with E-state index in [0.29, 0.717) is 69.2 Å². The number of likely N-dealkylation sites (tertiary alicyclic amines) is 1. The number of ether oxygens (including phenoxy) is 1. The lowest BCUT2D eigenvalue weighted by molar-refractivity contribution is -0.914. The predicted octanol–water partition coefficient (Wildman–Crippen LogP) is 4.11. The molecule has 0 atom stereocenters. The molecule has 2 aliphatic rings. The second-order valence-electron chi connectivity index (χ2n) is 14.7. The number of nitrogens with two attached hydrogens (primary N) is 1. The average Bonchev–Trinajstić information content (AvgIpc) is 3.75. The number of amides is 4. The molecule has 2 aromatic carbocycles. The number of primary amides is 1. The summed E-state index contributed by atoms with van der Waals surface area (Å²) in [6.45, 7) is 6.40. The lowest BCUT2D eigenvalue weighted by Crippen LogP contribution is -2.55. The molecule has 6 rings (SSSR count). The molecule has 0 saturated carbocycles. The van der Waals surface area contributed by atoms with E-state index < -0.39 is 17.5 Å². The molecule has 3 N–H and O–H groups in total. The van der Waals surface area contributed by atoms with Crippen molar-refractivity contribution in [2.24, 2.45) is 18.7 Å². The molecule has 0 aliphatic carbocycles. The molecule has 2 fully saturated rings. The number of anilines is 1. The van der Waals surface area contributed by atoms with Crippen LogP contribution in [0.5, 0.6) is 0 Å². The van der Waals surface area contributed by atoms with Gasteiger partial charge in [-0.3, -0.25) is 23.9 Å². The highest BCUT2D eigenvalue weighted by Crippen LogP contribution is 2.33. The molecule has 17 heteroatoms. The number of aryl methyl sites for hydroxylation is 1. The number of rotatable bonds is 12. The topological polar surface area (TPSA) is 158 Å². The summed E-state index contributed by atoms with van der Waals surface area (Å²) in [6.07, 6.45) is 4.74. The van der Waals surface area contributed by atoms with Crippen LogP contribution in [0.15, 0.2) is 42.7 Å². The molecular formula is C39H47ClF2N9O5+. The van der Waals surface area contributed by atoms with Crippen LogP contribution in [-0.2, 0) is 27.9 Å². The van der Waals surface area contributed by atoms with E-state index in [1.165, 1.54) is 42.1 Å². The van der Waals surface area contributed by atoms with Crippen LogP contribution in [-0.4, -0.2) is 124 Å². The first-order chi connectivity index (χ1) is 26.7. The van der Waals surface area contributed by atoms with Crippen LogP contribution in [0.3, 0.4) is 0 Å². The van der Waals surface area contributed by atoms with Crippen LogP contribution in [0.4, 0.5) is 14.5 Å². The number of hydrogen-bond acceptors (Lipinski definition) is 7. The number of halogens is 3. The van der Waals surface area contributed by atoms with E-state index >= 15 is 8.78 Å². The minimum Gasteiger partial charge on any atom is -0.383 e. The second-order valence-corrected chi connectivity index (χ2v) is 15.2. The summed E-state index contributed by atoms with van der Waals surface area (Å²) < 4.78 is 39.8. The van der Waals surface area contributed by atoms with Crippen LogP contribution in [0.1, 0.15) is 45.9 Å². The van der Waals surface area contributed by atoms with Crippen molar-refractivity contribution in [1.29, 1.82) is 0 Å². The van der Waals surface area contributed by atoms with Gasteiger partial charge in [-0.2, -0.15) is 5.10 Å². The van der Waals surface area contributed by atoms with Crippen molar-refractivity contribution in [3.63, 3.8) is 0 Å².